The molecule has 1 atom stereocenters. The van der Waals surface area contributed by atoms with Gasteiger partial charge in [0.1, 0.15) is 0 Å². The lowest BCUT2D eigenvalue weighted by Crippen LogP contribution is -2.40. The van der Waals surface area contributed by atoms with Crippen LogP contribution in [0.15, 0.2) is 53.4 Å². The van der Waals surface area contributed by atoms with Crippen LogP contribution < -0.4 is 5.32 Å². The average molecular weight is 429 g/mol. The van der Waals surface area contributed by atoms with Gasteiger partial charge in [0.25, 0.3) is 0 Å². The number of ether oxygens (including phenoxy) is 1. The maximum atomic E-state index is 12.7. The van der Waals surface area contributed by atoms with Crippen LogP contribution in [0.5, 0.6) is 0 Å². The standard InChI is InChI=1S/C23H28N2O4S/c1-17-4-5-18(2)22(16-17)19(3)24-23(26)11-8-20-6-9-21(10-7-20)30(27,28)25-12-14-29-15-13-25/h4-11,16,19H,12-15H2,1-3H3,(H,24,26)/b11-8+. The van der Waals surface area contributed by atoms with Gasteiger partial charge in [0.05, 0.1) is 24.2 Å². The fourth-order valence-corrected chi connectivity index (χ4v) is 4.83. The van der Waals surface area contributed by atoms with Gasteiger partial charge in [0.2, 0.25) is 15.9 Å². The first kappa shape index (κ1) is 22.2. The van der Waals surface area contributed by atoms with Crippen LogP contribution in [0.25, 0.3) is 6.08 Å². The summed E-state index contributed by atoms with van der Waals surface area (Å²) in [5.41, 5.74) is 4.13. The SMILES string of the molecule is Cc1ccc(C)c(C(C)NC(=O)/C=C/c2ccc(S(=O)(=O)N3CCOCC3)cc2)c1. The van der Waals surface area contributed by atoms with Crippen molar-refractivity contribution in [3.05, 3.63) is 70.8 Å². The van der Waals surface area contributed by atoms with Crippen LogP contribution in [0.3, 0.4) is 0 Å². The second-order valence-corrected chi connectivity index (χ2v) is 9.45. The Kier molecular flexibility index (Phi) is 7.07. The van der Waals surface area contributed by atoms with Gasteiger partial charge < -0.3 is 10.1 Å². The molecule has 0 aromatic heterocycles. The van der Waals surface area contributed by atoms with Crippen LogP contribution in [-0.2, 0) is 19.6 Å². The number of carbonyl (C=O) groups excluding carboxylic acids is 1. The number of morpholine rings is 1. The average Bonchev–Trinajstić information content (AvgIpc) is 2.75. The lowest BCUT2D eigenvalue weighted by Gasteiger charge is -2.26. The van der Waals surface area contributed by atoms with Gasteiger partial charge in [-0.1, -0.05) is 35.9 Å². The zero-order valence-electron chi connectivity index (χ0n) is 17.6. The van der Waals surface area contributed by atoms with E-state index in [2.05, 4.69) is 23.5 Å². The van der Waals surface area contributed by atoms with Gasteiger partial charge in [0, 0.05) is 19.2 Å². The number of amides is 1. The largest absolute Gasteiger partial charge is 0.379 e. The monoisotopic (exact) mass is 428 g/mol. The van der Waals surface area contributed by atoms with Crippen LogP contribution in [0.4, 0.5) is 0 Å². The molecule has 1 saturated heterocycles. The number of aryl methyl sites for hydroxylation is 2. The Morgan fingerprint density at radius 1 is 1.10 bits per heavy atom. The lowest BCUT2D eigenvalue weighted by atomic mass is 10.00. The highest BCUT2D eigenvalue weighted by Gasteiger charge is 2.25. The highest BCUT2D eigenvalue weighted by atomic mass is 32.2. The number of carbonyl (C=O) groups is 1. The zero-order valence-corrected chi connectivity index (χ0v) is 18.4. The molecule has 2 aromatic carbocycles. The number of hydrogen-bond acceptors (Lipinski definition) is 4. The Morgan fingerprint density at radius 2 is 1.77 bits per heavy atom. The number of nitrogens with one attached hydrogen (secondary N) is 1. The smallest absolute Gasteiger partial charge is 0.244 e. The summed E-state index contributed by atoms with van der Waals surface area (Å²) in [4.78, 5) is 12.6. The Bertz CT molecular complexity index is 1020. The number of nitrogens with zero attached hydrogens (tertiary/aromatic N) is 1. The van der Waals surface area contributed by atoms with Crippen molar-refractivity contribution < 1.29 is 17.9 Å². The minimum Gasteiger partial charge on any atom is -0.379 e. The summed E-state index contributed by atoms with van der Waals surface area (Å²) in [6.07, 6.45) is 3.14. The molecule has 0 saturated carbocycles. The van der Waals surface area contributed by atoms with E-state index >= 15 is 0 Å². The first-order chi connectivity index (χ1) is 14.3. The van der Waals surface area contributed by atoms with Crippen molar-refractivity contribution in [1.29, 1.82) is 0 Å². The van der Waals surface area contributed by atoms with Gasteiger partial charge in [0.15, 0.2) is 0 Å². The van der Waals surface area contributed by atoms with E-state index in [4.69, 9.17) is 4.74 Å². The molecule has 0 bridgehead atoms. The van der Waals surface area contributed by atoms with E-state index in [1.54, 1.807) is 30.3 Å². The topological polar surface area (TPSA) is 75.7 Å². The molecule has 6 nitrogen and oxygen atoms in total. The highest BCUT2D eigenvalue weighted by molar-refractivity contribution is 7.89. The van der Waals surface area contributed by atoms with Gasteiger partial charge in [-0.3, -0.25) is 4.79 Å². The van der Waals surface area contributed by atoms with Crippen LogP contribution in [-0.4, -0.2) is 44.9 Å². The second kappa shape index (κ2) is 9.55. The van der Waals surface area contributed by atoms with E-state index in [0.717, 1.165) is 22.3 Å². The number of sulfonamides is 1. The predicted molar refractivity (Wildman–Crippen MR) is 118 cm³/mol. The van der Waals surface area contributed by atoms with Crippen molar-refractivity contribution in [2.75, 3.05) is 26.3 Å². The van der Waals surface area contributed by atoms with Gasteiger partial charge in [-0.05, 0) is 55.7 Å². The summed E-state index contributed by atoms with van der Waals surface area (Å²) in [6.45, 7) is 7.57. The fraction of sp³-hybridized carbons (Fsp3) is 0.348. The summed E-state index contributed by atoms with van der Waals surface area (Å²) >= 11 is 0. The van der Waals surface area contributed by atoms with E-state index < -0.39 is 10.0 Å². The Hall–Kier alpha value is -2.48. The molecule has 1 fully saturated rings. The summed E-state index contributed by atoms with van der Waals surface area (Å²) in [5, 5.41) is 2.97. The summed E-state index contributed by atoms with van der Waals surface area (Å²) in [7, 11) is -3.51. The van der Waals surface area contributed by atoms with Crippen LogP contribution >= 0.6 is 0 Å². The van der Waals surface area contributed by atoms with E-state index in [-0.39, 0.29) is 16.8 Å². The summed E-state index contributed by atoms with van der Waals surface area (Å²) in [5.74, 6) is -0.201. The molecule has 0 radical (unpaired) electrons. The number of benzene rings is 2. The lowest BCUT2D eigenvalue weighted by molar-refractivity contribution is -0.117. The molecule has 1 unspecified atom stereocenters. The number of hydrogen-bond donors (Lipinski definition) is 1. The van der Waals surface area contributed by atoms with Crippen LogP contribution in [0, 0.1) is 13.8 Å². The van der Waals surface area contributed by atoms with Crippen molar-refractivity contribution in [2.45, 2.75) is 31.7 Å². The van der Waals surface area contributed by atoms with Gasteiger partial charge in [-0.2, -0.15) is 4.31 Å². The van der Waals surface area contributed by atoms with E-state index in [9.17, 15) is 13.2 Å². The van der Waals surface area contributed by atoms with Gasteiger partial charge in [-0.15, -0.1) is 0 Å². The van der Waals surface area contributed by atoms with E-state index in [1.165, 1.54) is 10.4 Å². The molecule has 2 aromatic rings. The molecule has 1 N–H and O–H groups in total. The number of rotatable bonds is 6. The molecule has 0 aliphatic carbocycles. The Balaban J connectivity index is 1.63. The van der Waals surface area contributed by atoms with Crippen molar-refractivity contribution in [3.63, 3.8) is 0 Å². The molecule has 1 aliphatic rings. The third-order valence-electron chi connectivity index (χ3n) is 5.18. The third-order valence-corrected chi connectivity index (χ3v) is 7.09. The van der Waals surface area contributed by atoms with Gasteiger partial charge >= 0.3 is 0 Å². The predicted octanol–water partition coefficient (Wildman–Crippen LogP) is 3.21. The van der Waals surface area contributed by atoms with Crippen molar-refractivity contribution >= 4 is 22.0 Å². The molecular formula is C23H28N2O4S. The third kappa shape index (κ3) is 5.36. The second-order valence-electron chi connectivity index (χ2n) is 7.51. The maximum absolute atomic E-state index is 12.7. The Labute approximate surface area is 178 Å². The normalized spacial score (nSPS) is 16.5. The zero-order chi connectivity index (χ0) is 21.7. The molecule has 1 amide bonds. The highest BCUT2D eigenvalue weighted by Crippen LogP contribution is 2.20. The van der Waals surface area contributed by atoms with Crippen molar-refractivity contribution in [1.82, 2.24) is 9.62 Å². The molecule has 160 valence electrons. The molecule has 1 heterocycles. The van der Waals surface area contributed by atoms with E-state index in [1.807, 2.05) is 20.8 Å². The molecule has 3 rings (SSSR count). The first-order valence-electron chi connectivity index (χ1n) is 10.0. The minimum atomic E-state index is -3.51. The van der Waals surface area contributed by atoms with Gasteiger partial charge in [-0.25, -0.2) is 8.42 Å². The molecule has 0 spiro atoms. The summed E-state index contributed by atoms with van der Waals surface area (Å²) < 4.78 is 32.0. The van der Waals surface area contributed by atoms with E-state index in [0.29, 0.717) is 26.3 Å². The molecular weight excluding hydrogens is 400 g/mol. The Morgan fingerprint density at radius 3 is 2.43 bits per heavy atom. The van der Waals surface area contributed by atoms with Crippen molar-refractivity contribution in [3.8, 4) is 0 Å². The molecule has 30 heavy (non-hydrogen) atoms. The maximum Gasteiger partial charge on any atom is 0.244 e. The molecule has 1 aliphatic heterocycles. The van der Waals surface area contributed by atoms with Crippen LogP contribution in [0.2, 0.25) is 0 Å². The minimum absolute atomic E-state index is 0.108. The first-order valence-corrected chi connectivity index (χ1v) is 11.4. The quantitative estimate of drug-likeness (QED) is 0.717. The van der Waals surface area contributed by atoms with Crippen LogP contribution in [0.1, 0.15) is 35.2 Å². The van der Waals surface area contributed by atoms with Crippen molar-refractivity contribution in [2.24, 2.45) is 0 Å². The summed E-state index contributed by atoms with van der Waals surface area (Å²) in [6, 6.07) is 12.6. The molecule has 7 heteroatoms. The fourth-order valence-electron chi connectivity index (χ4n) is 3.42.